The van der Waals surface area contributed by atoms with E-state index in [-0.39, 0.29) is 0 Å². The van der Waals surface area contributed by atoms with E-state index >= 15 is 16.8 Å². The normalized spacial score (nSPS) is 15.7. The molecule has 0 aromatic heterocycles. The summed E-state index contributed by atoms with van der Waals surface area (Å²) in [7, 11) is -20.0. The molecule has 2 heterocycles. The van der Waals surface area contributed by atoms with Crippen molar-refractivity contribution >= 4 is 84.4 Å². The molecule has 2 aliphatic heterocycles. The lowest BCUT2D eigenvalue weighted by Crippen LogP contribution is -2.43. The third-order valence-corrected chi connectivity index (χ3v) is 20.4. The van der Waals surface area contributed by atoms with Crippen LogP contribution in [0.1, 0.15) is 24.0 Å². The van der Waals surface area contributed by atoms with Crippen LogP contribution in [0.3, 0.4) is 0 Å². The van der Waals surface area contributed by atoms with Crippen LogP contribution in [-0.4, -0.2) is 110 Å². The number of rotatable bonds is 12. The summed E-state index contributed by atoms with van der Waals surface area (Å²) in [6.45, 7) is -5.24. The molecular formula is C48H44N8O16S4. The van der Waals surface area contributed by atoms with Gasteiger partial charge in [-0.1, -0.05) is 97.1 Å². The number of benzene rings is 7. The molecule has 0 radical (unpaired) electrons. The van der Waals surface area contributed by atoms with E-state index < -0.39 is 167 Å². The number of nitrogens with zero attached hydrogens (tertiary/aromatic N) is 8. The highest BCUT2D eigenvalue weighted by molar-refractivity contribution is 7.90. The minimum Gasteiger partial charge on any atom is -0.258 e. The highest BCUT2D eigenvalue weighted by Gasteiger charge is 2.39. The Hall–Kier alpha value is -7.70. The van der Waals surface area contributed by atoms with E-state index in [1.165, 1.54) is 48.5 Å². The highest BCUT2D eigenvalue weighted by Crippen LogP contribution is 2.39. The molecule has 0 N–H and O–H groups in total. The Labute approximate surface area is 434 Å². The zero-order valence-electron chi connectivity index (χ0n) is 39.7. The summed E-state index contributed by atoms with van der Waals surface area (Å²) in [5, 5.41) is 50.8. The third kappa shape index (κ3) is 10.6. The van der Waals surface area contributed by atoms with Gasteiger partial charge in [0.05, 0.1) is 19.7 Å². The first-order chi connectivity index (χ1) is 36.1. The second kappa shape index (κ2) is 21.9. The number of nitro benzene ring substituents is 4. The minimum atomic E-state index is -5.05. The lowest BCUT2D eigenvalue weighted by atomic mass is 9.91. The predicted molar refractivity (Wildman–Crippen MR) is 276 cm³/mol. The third-order valence-electron chi connectivity index (χ3n) is 12.8. The standard InChI is InChI=1S/C48H44N8O16S4/c57-53(58)41-19-5-9-23-45(41)73(65,66)49-27-13-29-51(75(69,70)47-25-11-7-21-43(47)55(61)62)33-39-35-15-1-2-16-36(35)40(38-18-4-3-17-37(38)39)34-52(76(71,72)48-26-12-8-22-44(48)56(63)64)30-14-28-50(32-31-49)74(67,68)46-24-10-6-20-42(46)54(59)60/h1-12,15-26H,13-14,27-34H2. The zero-order valence-corrected chi connectivity index (χ0v) is 42.9. The maximum atomic E-state index is 15.0. The Morgan fingerprint density at radius 2 is 0.513 bits per heavy atom. The number of para-hydroxylation sites is 4. The molecule has 0 saturated carbocycles. The molecule has 2 aliphatic rings. The Bertz CT molecular complexity index is 3630. The minimum absolute atomic E-state index is 0.339. The van der Waals surface area contributed by atoms with E-state index in [1.807, 2.05) is 0 Å². The van der Waals surface area contributed by atoms with Crippen molar-refractivity contribution in [1.29, 1.82) is 0 Å². The number of sulfonamides is 4. The van der Waals surface area contributed by atoms with Gasteiger partial charge in [0.1, 0.15) is 0 Å². The molecule has 2 bridgehead atoms. The number of nitro groups is 4. The fourth-order valence-corrected chi connectivity index (χ4v) is 15.7. The van der Waals surface area contributed by atoms with Crippen molar-refractivity contribution in [2.45, 2.75) is 45.5 Å². The monoisotopic (exact) mass is 1120 g/mol. The molecule has 7 aromatic carbocycles. The Morgan fingerprint density at radius 1 is 0.303 bits per heavy atom. The van der Waals surface area contributed by atoms with E-state index in [0.29, 0.717) is 41.3 Å². The summed E-state index contributed by atoms with van der Waals surface area (Å²) >= 11 is 0. The van der Waals surface area contributed by atoms with Crippen molar-refractivity contribution < 1.29 is 53.4 Å². The fraction of sp³-hybridized carbons (Fsp3) is 0.208. The number of hydrogen-bond acceptors (Lipinski definition) is 16. The lowest BCUT2D eigenvalue weighted by molar-refractivity contribution is -0.388. The van der Waals surface area contributed by atoms with Gasteiger partial charge in [-0.15, -0.1) is 0 Å². The van der Waals surface area contributed by atoms with Crippen LogP contribution in [0.2, 0.25) is 0 Å². The molecule has 0 fully saturated rings. The molecular weight excluding hydrogens is 1070 g/mol. The molecule has 24 nitrogen and oxygen atoms in total. The van der Waals surface area contributed by atoms with Crippen LogP contribution in [0.5, 0.6) is 0 Å². The Balaban J connectivity index is 1.38. The summed E-state index contributed by atoms with van der Waals surface area (Å²) in [5.74, 6) is 0. The molecule has 0 amide bonds. The van der Waals surface area contributed by atoms with E-state index in [0.717, 1.165) is 57.1 Å². The maximum absolute atomic E-state index is 15.0. The van der Waals surface area contributed by atoms with Crippen molar-refractivity contribution in [3.8, 4) is 0 Å². The van der Waals surface area contributed by atoms with Crippen LogP contribution in [-0.2, 0) is 53.2 Å². The SMILES string of the molecule is O=[N+]([O-])c1ccccc1S(=O)(=O)N1CCCN(S(=O)(=O)c2ccccc2[N+](=O)[O-])Cc2c3ccccc3c(c3ccccc23)CN(S(=O)(=O)c2ccccc2[N+](=O)[O-])CCCN(S(=O)(=O)c2ccccc2[N+](=O)[O-])CC1. The Kier molecular flexibility index (Phi) is 15.7. The van der Waals surface area contributed by atoms with Crippen molar-refractivity contribution in [3.05, 3.63) is 197 Å². The van der Waals surface area contributed by atoms with Gasteiger partial charge < -0.3 is 0 Å². The molecule has 0 spiro atoms. The average molecular weight is 1120 g/mol. The van der Waals surface area contributed by atoms with E-state index in [1.54, 1.807) is 48.5 Å². The highest BCUT2D eigenvalue weighted by atomic mass is 32.2. The van der Waals surface area contributed by atoms with Gasteiger partial charge in [0, 0.05) is 76.6 Å². The molecule has 76 heavy (non-hydrogen) atoms. The van der Waals surface area contributed by atoms with Crippen LogP contribution in [0, 0.1) is 40.5 Å². The molecule has 28 heteroatoms. The molecule has 0 atom stereocenters. The summed E-state index contributed by atoms with van der Waals surface area (Å²) in [4.78, 5) is 42.5. The zero-order chi connectivity index (χ0) is 54.7. The largest absolute Gasteiger partial charge is 0.289 e. The van der Waals surface area contributed by atoms with E-state index in [2.05, 4.69) is 0 Å². The van der Waals surface area contributed by atoms with Crippen molar-refractivity contribution in [2.24, 2.45) is 0 Å². The topological polar surface area (TPSA) is 322 Å². The second-order valence-electron chi connectivity index (χ2n) is 17.1. The molecule has 7 aromatic rings. The molecule has 0 aliphatic carbocycles. The van der Waals surface area contributed by atoms with E-state index in [9.17, 15) is 57.3 Å². The molecule has 396 valence electrons. The van der Waals surface area contributed by atoms with Crippen molar-refractivity contribution in [2.75, 3.05) is 39.3 Å². The summed E-state index contributed by atoms with van der Waals surface area (Å²) < 4.78 is 122. The molecule has 9 rings (SSSR count). The smallest absolute Gasteiger partial charge is 0.258 e. The van der Waals surface area contributed by atoms with Crippen molar-refractivity contribution in [3.63, 3.8) is 0 Å². The first-order valence-corrected chi connectivity index (χ1v) is 28.7. The van der Waals surface area contributed by atoms with Gasteiger partial charge in [-0.05, 0) is 69.8 Å². The van der Waals surface area contributed by atoms with Crippen LogP contribution in [0.4, 0.5) is 22.7 Å². The van der Waals surface area contributed by atoms with Gasteiger partial charge in [-0.2, -0.15) is 17.2 Å². The summed E-state index contributed by atoms with van der Waals surface area (Å²) in [5.41, 5.74) is -2.62. The lowest BCUT2D eigenvalue weighted by Gasteiger charge is -2.30. The Morgan fingerprint density at radius 3 is 0.763 bits per heavy atom. The van der Waals surface area contributed by atoms with Crippen molar-refractivity contribution in [1.82, 2.24) is 17.2 Å². The first-order valence-electron chi connectivity index (χ1n) is 22.9. The molecule has 0 saturated heterocycles. The fourth-order valence-electron chi connectivity index (χ4n) is 9.21. The molecule has 0 unspecified atom stereocenters. The predicted octanol–water partition coefficient (Wildman–Crippen LogP) is 7.18. The van der Waals surface area contributed by atoms with E-state index in [4.69, 9.17) is 0 Å². The van der Waals surface area contributed by atoms with Crippen LogP contribution in [0.25, 0.3) is 21.5 Å². The van der Waals surface area contributed by atoms with Crippen LogP contribution < -0.4 is 0 Å². The van der Waals surface area contributed by atoms with Gasteiger partial charge in [0.2, 0.25) is 40.1 Å². The van der Waals surface area contributed by atoms with Gasteiger partial charge in [0.15, 0.2) is 19.6 Å². The van der Waals surface area contributed by atoms with Gasteiger partial charge >= 0.3 is 0 Å². The average Bonchev–Trinajstić information content (AvgIpc) is 3.40. The second-order valence-corrected chi connectivity index (χ2v) is 24.8. The van der Waals surface area contributed by atoms with Crippen LogP contribution >= 0.6 is 0 Å². The summed E-state index contributed by atoms with van der Waals surface area (Å²) in [6.07, 6.45) is -0.827. The van der Waals surface area contributed by atoms with Gasteiger partial charge in [-0.3, -0.25) is 40.5 Å². The van der Waals surface area contributed by atoms with Crippen LogP contribution in [0.15, 0.2) is 165 Å². The quantitative estimate of drug-likeness (QED) is 0.0664. The van der Waals surface area contributed by atoms with Gasteiger partial charge in [0.25, 0.3) is 22.7 Å². The number of hydrogen-bond donors (Lipinski definition) is 0. The summed E-state index contributed by atoms with van der Waals surface area (Å²) in [6, 6.07) is 30.8. The first kappa shape index (κ1) is 54.6. The number of fused-ring (bicyclic) bond motifs is 13. The van der Waals surface area contributed by atoms with Gasteiger partial charge in [-0.25, -0.2) is 33.7 Å². The maximum Gasteiger partial charge on any atom is 0.289 e.